The Morgan fingerprint density at radius 1 is 1.00 bits per heavy atom. The molecule has 3 rings (SSSR count). The third-order valence-electron chi connectivity index (χ3n) is 4.06. The van der Waals surface area contributed by atoms with E-state index in [0.29, 0.717) is 27.6 Å². The van der Waals surface area contributed by atoms with E-state index >= 15 is 0 Å². The average Bonchev–Trinajstić information content (AvgIpc) is 2.81. The number of halogens is 1. The topological polar surface area (TPSA) is 105 Å². The maximum absolute atomic E-state index is 12.6. The van der Waals surface area contributed by atoms with Crippen molar-refractivity contribution in [3.8, 4) is 0 Å². The fourth-order valence-electron chi connectivity index (χ4n) is 2.85. The molecule has 2 aromatic carbocycles. The second kappa shape index (κ2) is 6.59. The second-order valence-corrected chi connectivity index (χ2v) is 7.60. The van der Waals surface area contributed by atoms with Crippen molar-refractivity contribution in [3.05, 3.63) is 52.5 Å². The first kappa shape index (κ1) is 18.7. The van der Waals surface area contributed by atoms with Gasteiger partial charge in [-0.2, -0.15) is 0 Å². The number of amides is 4. The number of hydrogen-bond acceptors (Lipinski definition) is 4. The average molecular weight is 387 g/mol. The van der Waals surface area contributed by atoms with Crippen molar-refractivity contribution in [2.24, 2.45) is 0 Å². The molecule has 0 aromatic heterocycles. The number of nitrogen functional groups attached to an aromatic ring is 1. The largest absolute Gasteiger partial charge is 0.399 e. The van der Waals surface area contributed by atoms with Gasteiger partial charge in [0.25, 0.3) is 11.8 Å². The first-order chi connectivity index (χ1) is 12.6. The second-order valence-electron chi connectivity index (χ2n) is 7.20. The van der Waals surface area contributed by atoms with Gasteiger partial charge in [0.2, 0.25) is 0 Å². The third kappa shape index (κ3) is 3.59. The van der Waals surface area contributed by atoms with Crippen LogP contribution < -0.4 is 16.4 Å². The van der Waals surface area contributed by atoms with Gasteiger partial charge >= 0.3 is 6.03 Å². The lowest BCUT2D eigenvalue weighted by Gasteiger charge is -2.29. The molecule has 0 fully saturated rings. The number of carbonyl (C=O) groups is 3. The fourth-order valence-corrected chi connectivity index (χ4v) is 3.08. The molecule has 0 saturated carbocycles. The predicted molar refractivity (Wildman–Crippen MR) is 105 cm³/mol. The predicted octanol–water partition coefficient (Wildman–Crippen LogP) is 3.96. The minimum absolute atomic E-state index is 0.262. The van der Waals surface area contributed by atoms with E-state index in [2.05, 4.69) is 10.6 Å². The van der Waals surface area contributed by atoms with Crippen LogP contribution in [0.25, 0.3) is 0 Å². The molecule has 0 aliphatic carbocycles. The van der Waals surface area contributed by atoms with Crippen LogP contribution in [0.2, 0.25) is 5.02 Å². The van der Waals surface area contributed by atoms with Gasteiger partial charge in [0.05, 0.1) is 21.8 Å². The molecule has 0 bridgehead atoms. The third-order valence-corrected chi connectivity index (χ3v) is 4.37. The first-order valence-corrected chi connectivity index (χ1v) is 8.61. The van der Waals surface area contributed by atoms with Crippen LogP contribution in [-0.2, 0) is 0 Å². The summed E-state index contributed by atoms with van der Waals surface area (Å²) in [7, 11) is 0. The van der Waals surface area contributed by atoms with E-state index in [-0.39, 0.29) is 17.4 Å². The normalized spacial score (nSPS) is 13.6. The molecule has 4 N–H and O–H groups in total. The van der Waals surface area contributed by atoms with Crippen LogP contribution in [0.1, 0.15) is 41.5 Å². The zero-order chi connectivity index (χ0) is 19.9. The number of benzene rings is 2. The minimum atomic E-state index is -0.635. The number of urea groups is 1. The van der Waals surface area contributed by atoms with E-state index in [1.165, 1.54) is 23.1 Å². The number of carbonyl (C=O) groups excluding carboxylic acids is 3. The molecule has 1 aliphatic rings. The van der Waals surface area contributed by atoms with Crippen LogP contribution in [-0.4, -0.2) is 28.3 Å². The van der Waals surface area contributed by atoms with Gasteiger partial charge in [-0.25, -0.2) is 4.79 Å². The Hall–Kier alpha value is -3.06. The van der Waals surface area contributed by atoms with Gasteiger partial charge in [0.15, 0.2) is 0 Å². The molecule has 0 radical (unpaired) electrons. The Bertz CT molecular complexity index is 966. The van der Waals surface area contributed by atoms with Crippen molar-refractivity contribution in [2.45, 2.75) is 26.3 Å². The smallest absolute Gasteiger partial charge is 0.323 e. The number of hydrogen-bond donors (Lipinski definition) is 3. The maximum atomic E-state index is 12.6. The Morgan fingerprint density at radius 2 is 1.67 bits per heavy atom. The number of rotatable bonds is 2. The van der Waals surface area contributed by atoms with Crippen molar-refractivity contribution in [1.29, 1.82) is 0 Å². The molecule has 0 atom stereocenters. The lowest BCUT2D eigenvalue weighted by atomic mass is 10.1. The summed E-state index contributed by atoms with van der Waals surface area (Å²) in [6.07, 6.45) is 0. The number of nitrogens with one attached hydrogen (secondary N) is 2. The molecule has 7 nitrogen and oxygen atoms in total. The summed E-state index contributed by atoms with van der Waals surface area (Å²) in [4.78, 5) is 38.5. The van der Waals surface area contributed by atoms with E-state index < -0.39 is 11.6 Å². The Balaban J connectivity index is 1.79. The number of nitrogens with two attached hydrogens (primary N) is 1. The SMILES string of the molecule is CC(C)(C)N1C(=O)c2ccc(NC(=O)Nc3ccc(N)cc3Cl)cc2C1=O. The van der Waals surface area contributed by atoms with E-state index in [1.54, 1.807) is 39.0 Å². The molecule has 0 saturated heterocycles. The summed E-state index contributed by atoms with van der Waals surface area (Å²) in [6.45, 7) is 5.37. The van der Waals surface area contributed by atoms with Crippen LogP contribution in [0.4, 0.5) is 21.9 Å². The maximum Gasteiger partial charge on any atom is 0.323 e. The van der Waals surface area contributed by atoms with Crippen LogP contribution in [0.15, 0.2) is 36.4 Å². The van der Waals surface area contributed by atoms with Crippen LogP contribution in [0.5, 0.6) is 0 Å². The minimum Gasteiger partial charge on any atom is -0.399 e. The summed E-state index contributed by atoms with van der Waals surface area (Å²) in [5.41, 5.74) is 6.84. The number of fused-ring (bicyclic) bond motifs is 1. The molecular weight excluding hydrogens is 368 g/mol. The van der Waals surface area contributed by atoms with Gasteiger partial charge in [-0.1, -0.05) is 11.6 Å². The fraction of sp³-hybridized carbons (Fsp3) is 0.211. The highest BCUT2D eigenvalue weighted by atomic mass is 35.5. The van der Waals surface area contributed by atoms with E-state index in [4.69, 9.17) is 17.3 Å². The summed E-state index contributed by atoms with van der Waals surface area (Å²) < 4.78 is 0. The highest BCUT2D eigenvalue weighted by Crippen LogP contribution is 2.31. The van der Waals surface area contributed by atoms with E-state index in [1.807, 2.05) is 0 Å². The summed E-state index contributed by atoms with van der Waals surface area (Å²) in [5.74, 6) is -0.722. The van der Waals surface area contributed by atoms with Crippen molar-refractivity contribution >= 4 is 46.5 Å². The molecule has 27 heavy (non-hydrogen) atoms. The molecule has 140 valence electrons. The van der Waals surface area contributed by atoms with Gasteiger partial charge in [0.1, 0.15) is 0 Å². The number of nitrogens with zero attached hydrogens (tertiary/aromatic N) is 1. The first-order valence-electron chi connectivity index (χ1n) is 8.24. The number of anilines is 3. The van der Waals surface area contributed by atoms with Gasteiger partial charge in [-0.05, 0) is 57.2 Å². The molecule has 4 amide bonds. The number of imide groups is 1. The van der Waals surface area contributed by atoms with Gasteiger partial charge in [-0.15, -0.1) is 0 Å². The van der Waals surface area contributed by atoms with Crippen LogP contribution in [0.3, 0.4) is 0 Å². The highest BCUT2D eigenvalue weighted by Gasteiger charge is 2.41. The van der Waals surface area contributed by atoms with Crippen molar-refractivity contribution in [3.63, 3.8) is 0 Å². The van der Waals surface area contributed by atoms with E-state index in [0.717, 1.165) is 0 Å². The van der Waals surface area contributed by atoms with Crippen LogP contribution >= 0.6 is 11.6 Å². The Labute approximate surface area is 161 Å². The standard InChI is InChI=1S/C19H19ClN4O3/c1-19(2,3)24-16(25)12-6-5-11(9-13(12)17(24)26)22-18(27)23-15-7-4-10(21)8-14(15)20/h4-9H,21H2,1-3H3,(H2,22,23,27). The molecule has 2 aromatic rings. The zero-order valence-electron chi connectivity index (χ0n) is 15.1. The lowest BCUT2D eigenvalue weighted by Crippen LogP contribution is -2.45. The molecule has 8 heteroatoms. The quantitative estimate of drug-likeness (QED) is 0.536. The lowest BCUT2D eigenvalue weighted by molar-refractivity contribution is 0.0507. The van der Waals surface area contributed by atoms with E-state index in [9.17, 15) is 14.4 Å². The van der Waals surface area contributed by atoms with Crippen molar-refractivity contribution in [2.75, 3.05) is 16.4 Å². The van der Waals surface area contributed by atoms with Crippen LogP contribution in [0, 0.1) is 0 Å². The Kier molecular flexibility index (Phi) is 4.57. The molecular formula is C19H19ClN4O3. The van der Waals surface area contributed by atoms with Crippen molar-refractivity contribution in [1.82, 2.24) is 4.90 Å². The molecule has 0 unspecified atom stereocenters. The van der Waals surface area contributed by atoms with Gasteiger partial charge < -0.3 is 16.4 Å². The monoisotopic (exact) mass is 386 g/mol. The summed E-state index contributed by atoms with van der Waals surface area (Å²) >= 11 is 6.04. The highest BCUT2D eigenvalue weighted by molar-refractivity contribution is 6.34. The molecule has 1 aliphatic heterocycles. The van der Waals surface area contributed by atoms with Gasteiger partial charge in [-0.3, -0.25) is 14.5 Å². The zero-order valence-corrected chi connectivity index (χ0v) is 15.8. The molecule has 1 heterocycles. The molecule has 0 spiro atoms. The van der Waals surface area contributed by atoms with Gasteiger partial charge in [0, 0.05) is 16.9 Å². The summed E-state index contributed by atoms with van der Waals surface area (Å²) in [6, 6.07) is 8.79. The summed E-state index contributed by atoms with van der Waals surface area (Å²) in [5, 5.41) is 5.54. The Morgan fingerprint density at radius 3 is 2.30 bits per heavy atom. The van der Waals surface area contributed by atoms with Crippen molar-refractivity contribution < 1.29 is 14.4 Å².